The van der Waals surface area contributed by atoms with Gasteiger partial charge in [0.25, 0.3) is 0 Å². The van der Waals surface area contributed by atoms with E-state index in [1.807, 2.05) is 24.4 Å². The molecular weight excluding hydrogens is 300 g/mol. The van der Waals surface area contributed by atoms with Crippen LogP contribution in [0, 0.1) is 13.8 Å². The summed E-state index contributed by atoms with van der Waals surface area (Å²) in [6, 6.07) is 12.2. The summed E-state index contributed by atoms with van der Waals surface area (Å²) >= 11 is 3.54. The third-order valence-electron chi connectivity index (χ3n) is 3.26. The van der Waals surface area contributed by atoms with Crippen LogP contribution in [0.15, 0.2) is 47.1 Å². The van der Waals surface area contributed by atoms with Gasteiger partial charge < -0.3 is 0 Å². The smallest absolute Gasteiger partial charge is 0.104 e. The molecule has 0 spiro atoms. The molecule has 0 atom stereocenters. The fraction of sp³-hybridized carbons (Fsp3) is 0.125. The molecule has 19 heavy (non-hydrogen) atoms. The summed E-state index contributed by atoms with van der Waals surface area (Å²) in [5.74, 6) is 0. The Morgan fingerprint density at radius 3 is 2.37 bits per heavy atom. The van der Waals surface area contributed by atoms with Gasteiger partial charge in [-0.3, -0.25) is 4.98 Å². The van der Waals surface area contributed by atoms with Crippen LogP contribution in [-0.2, 0) is 0 Å². The minimum absolute atomic E-state index is 0.905. The summed E-state index contributed by atoms with van der Waals surface area (Å²) in [5.41, 5.74) is 6.36. The van der Waals surface area contributed by atoms with E-state index < -0.39 is 0 Å². The van der Waals surface area contributed by atoms with Crippen LogP contribution in [0.3, 0.4) is 0 Å². The van der Waals surface area contributed by atoms with Crippen LogP contribution in [0.5, 0.6) is 0 Å². The van der Waals surface area contributed by atoms with E-state index in [1.54, 1.807) is 0 Å². The average Bonchev–Trinajstić information content (AvgIpc) is 2.39. The molecule has 3 heteroatoms. The van der Waals surface area contributed by atoms with Crippen LogP contribution in [0.4, 0.5) is 0 Å². The first kappa shape index (κ1) is 12.3. The molecule has 0 fully saturated rings. The zero-order valence-electron chi connectivity index (χ0n) is 10.8. The standard InChI is InChI=1S/C16H13BrN2/c1-10-5-3-6-11(2)15(10)14-9-18-13-8-4-7-12(17)16(13)19-14/h3-9H,1-2H3. The molecule has 0 aliphatic heterocycles. The Kier molecular flexibility index (Phi) is 3.07. The number of aryl methyl sites for hydroxylation is 2. The van der Waals surface area contributed by atoms with Crippen LogP contribution >= 0.6 is 15.9 Å². The highest BCUT2D eigenvalue weighted by Gasteiger charge is 2.09. The van der Waals surface area contributed by atoms with Crippen LogP contribution in [0.2, 0.25) is 0 Å². The summed E-state index contributed by atoms with van der Waals surface area (Å²) in [5, 5.41) is 0. The molecule has 2 aromatic carbocycles. The molecule has 94 valence electrons. The van der Waals surface area contributed by atoms with Crippen molar-refractivity contribution in [2.24, 2.45) is 0 Å². The normalized spacial score (nSPS) is 10.9. The Hall–Kier alpha value is -1.74. The van der Waals surface area contributed by atoms with E-state index in [0.29, 0.717) is 0 Å². The molecular formula is C16H13BrN2. The number of halogens is 1. The van der Waals surface area contributed by atoms with Crippen molar-refractivity contribution in [2.75, 3.05) is 0 Å². The van der Waals surface area contributed by atoms with Crippen molar-refractivity contribution in [2.45, 2.75) is 13.8 Å². The van der Waals surface area contributed by atoms with E-state index in [9.17, 15) is 0 Å². The van der Waals surface area contributed by atoms with Crippen molar-refractivity contribution < 1.29 is 0 Å². The van der Waals surface area contributed by atoms with Gasteiger partial charge in [0.1, 0.15) is 5.52 Å². The fourth-order valence-corrected chi connectivity index (χ4v) is 2.78. The molecule has 0 amide bonds. The largest absolute Gasteiger partial charge is 0.252 e. The van der Waals surface area contributed by atoms with Gasteiger partial charge in [0.2, 0.25) is 0 Å². The second-order valence-corrected chi connectivity index (χ2v) is 5.48. The van der Waals surface area contributed by atoms with Crippen LogP contribution < -0.4 is 0 Å². The number of para-hydroxylation sites is 1. The maximum Gasteiger partial charge on any atom is 0.104 e. The highest BCUT2D eigenvalue weighted by molar-refractivity contribution is 9.10. The van der Waals surface area contributed by atoms with E-state index in [0.717, 1.165) is 21.2 Å². The zero-order valence-corrected chi connectivity index (χ0v) is 12.4. The van der Waals surface area contributed by atoms with Crippen molar-refractivity contribution >= 4 is 27.0 Å². The van der Waals surface area contributed by atoms with Gasteiger partial charge in [-0.05, 0) is 53.0 Å². The number of hydrogen-bond acceptors (Lipinski definition) is 2. The second kappa shape index (κ2) is 4.74. The first-order chi connectivity index (χ1) is 9.16. The minimum atomic E-state index is 0.905. The number of aromatic nitrogens is 2. The van der Waals surface area contributed by atoms with Crippen molar-refractivity contribution in [1.29, 1.82) is 0 Å². The lowest BCUT2D eigenvalue weighted by atomic mass is 10.0. The molecule has 0 aliphatic rings. The third kappa shape index (κ3) is 2.15. The summed E-state index contributed by atoms with van der Waals surface area (Å²) in [6.07, 6.45) is 1.85. The first-order valence-corrected chi connectivity index (χ1v) is 6.94. The van der Waals surface area contributed by atoms with Crippen molar-refractivity contribution in [1.82, 2.24) is 9.97 Å². The molecule has 2 nitrogen and oxygen atoms in total. The lowest BCUT2D eigenvalue weighted by Gasteiger charge is -2.09. The lowest BCUT2D eigenvalue weighted by molar-refractivity contribution is 1.26. The summed E-state index contributed by atoms with van der Waals surface area (Å²) in [4.78, 5) is 9.27. The molecule has 1 aromatic heterocycles. The third-order valence-corrected chi connectivity index (χ3v) is 3.90. The average molecular weight is 313 g/mol. The van der Waals surface area contributed by atoms with Crippen LogP contribution in [0.1, 0.15) is 11.1 Å². The van der Waals surface area contributed by atoms with E-state index >= 15 is 0 Å². The molecule has 0 aliphatic carbocycles. The maximum absolute atomic E-state index is 4.76. The molecule has 0 radical (unpaired) electrons. The van der Waals surface area contributed by atoms with E-state index in [2.05, 4.69) is 53.0 Å². The number of benzene rings is 2. The zero-order chi connectivity index (χ0) is 13.4. The Balaban J connectivity index is 2.29. The number of nitrogens with zero attached hydrogens (tertiary/aromatic N) is 2. The summed E-state index contributed by atoms with van der Waals surface area (Å²) < 4.78 is 0.977. The minimum Gasteiger partial charge on any atom is -0.252 e. The maximum atomic E-state index is 4.76. The predicted octanol–water partition coefficient (Wildman–Crippen LogP) is 4.68. The number of fused-ring (bicyclic) bond motifs is 1. The monoisotopic (exact) mass is 312 g/mol. The topological polar surface area (TPSA) is 25.8 Å². The number of rotatable bonds is 1. The second-order valence-electron chi connectivity index (χ2n) is 4.63. The number of hydrogen-bond donors (Lipinski definition) is 0. The van der Waals surface area contributed by atoms with Gasteiger partial charge in [-0.2, -0.15) is 0 Å². The summed E-state index contributed by atoms with van der Waals surface area (Å²) in [7, 11) is 0. The molecule has 1 heterocycles. The summed E-state index contributed by atoms with van der Waals surface area (Å²) in [6.45, 7) is 4.21. The van der Waals surface area contributed by atoms with Crippen LogP contribution in [0.25, 0.3) is 22.3 Å². The van der Waals surface area contributed by atoms with Gasteiger partial charge in [-0.25, -0.2) is 4.98 Å². The Morgan fingerprint density at radius 2 is 1.63 bits per heavy atom. The Morgan fingerprint density at radius 1 is 0.947 bits per heavy atom. The molecule has 0 unspecified atom stereocenters. The molecule has 3 rings (SSSR count). The van der Waals surface area contributed by atoms with E-state index in [4.69, 9.17) is 4.98 Å². The lowest BCUT2D eigenvalue weighted by Crippen LogP contribution is -1.93. The van der Waals surface area contributed by atoms with Gasteiger partial charge in [0, 0.05) is 10.0 Å². The molecule has 0 bridgehead atoms. The van der Waals surface area contributed by atoms with Crippen molar-refractivity contribution in [3.8, 4) is 11.3 Å². The highest BCUT2D eigenvalue weighted by atomic mass is 79.9. The van der Waals surface area contributed by atoms with E-state index in [-0.39, 0.29) is 0 Å². The van der Waals surface area contributed by atoms with Gasteiger partial charge in [-0.1, -0.05) is 24.3 Å². The quantitative estimate of drug-likeness (QED) is 0.652. The van der Waals surface area contributed by atoms with Gasteiger partial charge in [-0.15, -0.1) is 0 Å². The van der Waals surface area contributed by atoms with Gasteiger partial charge in [0.05, 0.1) is 17.4 Å². The highest BCUT2D eigenvalue weighted by Crippen LogP contribution is 2.28. The fourth-order valence-electron chi connectivity index (χ4n) is 2.34. The van der Waals surface area contributed by atoms with Crippen LogP contribution in [-0.4, -0.2) is 9.97 Å². The molecule has 3 aromatic rings. The SMILES string of the molecule is Cc1cccc(C)c1-c1cnc2cccc(Br)c2n1. The molecule has 0 saturated carbocycles. The van der Waals surface area contributed by atoms with Crippen molar-refractivity contribution in [3.63, 3.8) is 0 Å². The van der Waals surface area contributed by atoms with E-state index in [1.165, 1.54) is 16.7 Å². The van der Waals surface area contributed by atoms with Crippen molar-refractivity contribution in [3.05, 3.63) is 58.2 Å². The Labute approximate surface area is 120 Å². The molecule has 0 saturated heterocycles. The predicted molar refractivity (Wildman–Crippen MR) is 82.1 cm³/mol. The Bertz CT molecular complexity index is 746. The first-order valence-electron chi connectivity index (χ1n) is 6.14. The molecule has 0 N–H and O–H groups in total. The van der Waals surface area contributed by atoms with Gasteiger partial charge >= 0.3 is 0 Å². The van der Waals surface area contributed by atoms with Gasteiger partial charge in [0.15, 0.2) is 0 Å².